The molecule has 1 aliphatic rings. The predicted octanol–water partition coefficient (Wildman–Crippen LogP) is 5.59. The van der Waals surface area contributed by atoms with Gasteiger partial charge in [-0.25, -0.2) is 9.07 Å². The van der Waals surface area contributed by atoms with Crippen molar-refractivity contribution in [3.8, 4) is 17.2 Å². The van der Waals surface area contributed by atoms with E-state index in [1.807, 2.05) is 0 Å². The number of amides is 1. The van der Waals surface area contributed by atoms with Crippen LogP contribution in [0.1, 0.15) is 24.1 Å². The molecule has 5 rings (SSSR count). The van der Waals surface area contributed by atoms with Crippen LogP contribution >= 0.6 is 11.6 Å². The molecule has 200 valence electrons. The van der Waals surface area contributed by atoms with Crippen LogP contribution in [0.5, 0.6) is 17.2 Å². The Kier molecular flexibility index (Phi) is 7.38. The third-order valence-corrected chi connectivity index (χ3v) is 6.68. The fourth-order valence-electron chi connectivity index (χ4n) is 4.36. The average molecular weight is 550 g/mol. The van der Waals surface area contributed by atoms with E-state index in [0.717, 1.165) is 0 Å². The summed E-state index contributed by atoms with van der Waals surface area (Å²) in [4.78, 5) is 17.9. The molecule has 1 aliphatic heterocycles. The zero-order valence-electron chi connectivity index (χ0n) is 21.4. The number of nitrogens with zero attached hydrogens (tertiary/aromatic N) is 3. The molecule has 0 unspecified atom stereocenters. The topological polar surface area (TPSA) is 99.5 Å². The predicted molar refractivity (Wildman–Crippen MR) is 145 cm³/mol. The maximum absolute atomic E-state index is 14.2. The molecule has 0 spiro atoms. The van der Waals surface area contributed by atoms with Gasteiger partial charge in [0.05, 0.1) is 24.8 Å². The van der Waals surface area contributed by atoms with Crippen molar-refractivity contribution in [2.45, 2.75) is 19.6 Å². The quantitative estimate of drug-likeness (QED) is 0.295. The number of rotatable bonds is 8. The number of hydrogen-bond donors (Lipinski definition) is 2. The standard InChI is InChI=1S/C28H25ClFN5O4/c1-16-25(27(36)34-18-8-10-19(37-2)11-9-18)26(35-28(33-16)31-15-32-35)17-7-12-23(24(13-17)38-3)39-14-20-21(29)5-4-6-22(20)30/h4-13,15,26H,14H2,1-3H3,(H,34,36)(H,31,32,33)/t26-/m0/s1. The number of nitrogens with one attached hydrogen (secondary N) is 2. The molecule has 1 aromatic heterocycles. The zero-order valence-corrected chi connectivity index (χ0v) is 22.1. The van der Waals surface area contributed by atoms with Gasteiger partial charge in [0, 0.05) is 16.9 Å². The van der Waals surface area contributed by atoms with Crippen LogP contribution in [0, 0.1) is 5.82 Å². The molecule has 4 aromatic rings. The van der Waals surface area contributed by atoms with E-state index < -0.39 is 11.9 Å². The number of allylic oxidation sites excluding steroid dienone is 1. The fourth-order valence-corrected chi connectivity index (χ4v) is 4.58. The number of methoxy groups -OCH3 is 2. The first-order chi connectivity index (χ1) is 18.9. The minimum Gasteiger partial charge on any atom is -0.497 e. The molecule has 1 amide bonds. The van der Waals surface area contributed by atoms with Crippen molar-refractivity contribution in [3.05, 3.63) is 100 Å². The Morgan fingerprint density at radius 1 is 1.10 bits per heavy atom. The van der Waals surface area contributed by atoms with Gasteiger partial charge in [0.2, 0.25) is 5.95 Å². The fraction of sp³-hybridized carbons (Fsp3) is 0.179. The molecule has 2 heterocycles. The minimum atomic E-state index is -0.619. The zero-order chi connectivity index (χ0) is 27.5. The number of ether oxygens (including phenoxy) is 3. The van der Waals surface area contributed by atoms with Gasteiger partial charge >= 0.3 is 0 Å². The molecule has 0 bridgehead atoms. The molecule has 0 fully saturated rings. The number of benzene rings is 3. The van der Waals surface area contributed by atoms with Gasteiger partial charge in [0.15, 0.2) is 11.5 Å². The smallest absolute Gasteiger partial charge is 0.255 e. The Morgan fingerprint density at radius 3 is 2.62 bits per heavy atom. The van der Waals surface area contributed by atoms with Crippen LogP contribution in [-0.4, -0.2) is 34.9 Å². The normalized spacial score (nSPS) is 14.3. The van der Waals surface area contributed by atoms with Crippen molar-refractivity contribution >= 4 is 29.1 Å². The lowest BCUT2D eigenvalue weighted by molar-refractivity contribution is -0.113. The van der Waals surface area contributed by atoms with Crippen molar-refractivity contribution in [2.75, 3.05) is 24.9 Å². The molecule has 9 nitrogen and oxygen atoms in total. The number of aromatic nitrogens is 3. The van der Waals surface area contributed by atoms with Gasteiger partial charge in [-0.05, 0) is 61.0 Å². The second-order valence-electron chi connectivity index (χ2n) is 8.68. The van der Waals surface area contributed by atoms with E-state index in [4.69, 9.17) is 25.8 Å². The summed E-state index contributed by atoms with van der Waals surface area (Å²) >= 11 is 6.14. The van der Waals surface area contributed by atoms with E-state index in [-0.39, 0.29) is 23.1 Å². The van der Waals surface area contributed by atoms with E-state index in [0.29, 0.717) is 45.7 Å². The third kappa shape index (κ3) is 5.23. The summed E-state index contributed by atoms with van der Waals surface area (Å²) in [5.41, 5.74) is 2.62. The molecule has 3 aromatic carbocycles. The van der Waals surface area contributed by atoms with Crippen LogP contribution in [0.3, 0.4) is 0 Å². The van der Waals surface area contributed by atoms with Gasteiger partial charge in [0.1, 0.15) is 30.5 Å². The van der Waals surface area contributed by atoms with Gasteiger partial charge < -0.3 is 24.8 Å². The van der Waals surface area contributed by atoms with Crippen LogP contribution in [0.15, 0.2) is 78.3 Å². The number of hydrogen-bond acceptors (Lipinski definition) is 7. The molecular weight excluding hydrogens is 525 g/mol. The number of halogens is 2. The van der Waals surface area contributed by atoms with E-state index in [2.05, 4.69) is 20.7 Å². The third-order valence-electron chi connectivity index (χ3n) is 6.32. The van der Waals surface area contributed by atoms with Crippen LogP contribution < -0.4 is 24.8 Å². The van der Waals surface area contributed by atoms with Crippen LogP contribution in [-0.2, 0) is 11.4 Å². The average Bonchev–Trinajstić information content (AvgIpc) is 3.40. The van der Waals surface area contributed by atoms with Gasteiger partial charge in [-0.1, -0.05) is 23.7 Å². The van der Waals surface area contributed by atoms with E-state index >= 15 is 0 Å². The Balaban J connectivity index is 1.46. The summed E-state index contributed by atoms with van der Waals surface area (Å²) in [5.74, 6) is 1.18. The first-order valence-corrected chi connectivity index (χ1v) is 12.3. The van der Waals surface area contributed by atoms with Gasteiger partial charge in [-0.3, -0.25) is 4.79 Å². The molecule has 0 saturated heterocycles. The summed E-state index contributed by atoms with van der Waals surface area (Å²) in [6, 6.07) is 16.2. The highest BCUT2D eigenvalue weighted by Crippen LogP contribution is 2.39. The maximum Gasteiger partial charge on any atom is 0.255 e. The van der Waals surface area contributed by atoms with E-state index in [1.165, 1.54) is 25.6 Å². The van der Waals surface area contributed by atoms with Crippen molar-refractivity contribution in [1.82, 2.24) is 14.8 Å². The molecule has 0 radical (unpaired) electrons. The Morgan fingerprint density at radius 2 is 1.90 bits per heavy atom. The van der Waals surface area contributed by atoms with Crippen molar-refractivity contribution in [3.63, 3.8) is 0 Å². The maximum atomic E-state index is 14.2. The second-order valence-corrected chi connectivity index (χ2v) is 9.08. The molecule has 11 heteroatoms. The lowest BCUT2D eigenvalue weighted by Crippen LogP contribution is -2.31. The van der Waals surface area contributed by atoms with Crippen molar-refractivity contribution < 1.29 is 23.4 Å². The van der Waals surface area contributed by atoms with Crippen molar-refractivity contribution in [1.29, 1.82) is 0 Å². The summed E-state index contributed by atoms with van der Waals surface area (Å²) in [5, 5.41) is 10.7. The SMILES string of the molecule is COc1ccc(NC(=O)C2=C(C)Nc3ncnn3[C@H]2c2ccc(OCc3c(F)cccc3Cl)c(OC)c2)cc1. The molecular formula is C28H25ClFN5O4. The molecule has 39 heavy (non-hydrogen) atoms. The Hall–Kier alpha value is -4.57. The molecule has 0 aliphatic carbocycles. The van der Waals surface area contributed by atoms with Gasteiger partial charge in [0.25, 0.3) is 5.91 Å². The molecule has 2 N–H and O–H groups in total. The summed E-state index contributed by atoms with van der Waals surface area (Å²) in [7, 11) is 3.08. The lowest BCUT2D eigenvalue weighted by Gasteiger charge is -2.29. The highest BCUT2D eigenvalue weighted by Gasteiger charge is 2.34. The Labute approximate surface area is 229 Å². The summed E-state index contributed by atoms with van der Waals surface area (Å²) < 4.78 is 32.5. The highest BCUT2D eigenvalue weighted by molar-refractivity contribution is 6.31. The van der Waals surface area contributed by atoms with Gasteiger partial charge in [-0.2, -0.15) is 10.1 Å². The second kappa shape index (κ2) is 11.0. The highest BCUT2D eigenvalue weighted by atomic mass is 35.5. The summed E-state index contributed by atoms with van der Waals surface area (Å²) in [6.07, 6.45) is 1.42. The first kappa shape index (κ1) is 26.1. The molecule has 0 saturated carbocycles. The van der Waals surface area contributed by atoms with Crippen LogP contribution in [0.25, 0.3) is 0 Å². The number of anilines is 2. The number of carbonyl (C=O) groups excluding carboxylic acids is 1. The largest absolute Gasteiger partial charge is 0.497 e. The Bertz CT molecular complexity index is 1530. The minimum absolute atomic E-state index is 0.0870. The van der Waals surface area contributed by atoms with Gasteiger partial charge in [-0.15, -0.1) is 0 Å². The monoisotopic (exact) mass is 549 g/mol. The van der Waals surface area contributed by atoms with E-state index in [9.17, 15) is 9.18 Å². The van der Waals surface area contributed by atoms with E-state index in [1.54, 1.807) is 67.2 Å². The number of fused-ring (bicyclic) bond motifs is 1. The first-order valence-electron chi connectivity index (χ1n) is 12.0. The van der Waals surface area contributed by atoms with Crippen LogP contribution in [0.4, 0.5) is 16.0 Å². The number of carbonyl (C=O) groups is 1. The van der Waals surface area contributed by atoms with Crippen molar-refractivity contribution in [2.24, 2.45) is 0 Å². The summed E-state index contributed by atoms with van der Waals surface area (Å²) in [6.45, 7) is 1.72. The van der Waals surface area contributed by atoms with Crippen LogP contribution in [0.2, 0.25) is 5.02 Å². The lowest BCUT2D eigenvalue weighted by atomic mass is 9.94. The molecule has 1 atom stereocenters.